The first kappa shape index (κ1) is 24.5. The molecule has 8 heteroatoms. The van der Waals surface area contributed by atoms with E-state index < -0.39 is 35.7 Å². The molecule has 0 spiro atoms. The van der Waals surface area contributed by atoms with Gasteiger partial charge < -0.3 is 14.4 Å². The van der Waals surface area contributed by atoms with Gasteiger partial charge in [-0.3, -0.25) is 0 Å². The summed E-state index contributed by atoms with van der Waals surface area (Å²) in [6.07, 6.45) is -4.30. The molecular formula is C23H28F3NO4. The van der Waals surface area contributed by atoms with Crippen LogP contribution in [0.2, 0.25) is 0 Å². The second-order valence-electron chi connectivity index (χ2n) is 7.70. The van der Waals surface area contributed by atoms with Crippen LogP contribution in [0.25, 0.3) is 0 Å². The fourth-order valence-electron chi connectivity index (χ4n) is 3.45. The van der Waals surface area contributed by atoms with Gasteiger partial charge in [0.15, 0.2) is 0 Å². The van der Waals surface area contributed by atoms with Crippen LogP contribution in [-0.4, -0.2) is 36.6 Å². The van der Waals surface area contributed by atoms with Crippen molar-refractivity contribution < 1.29 is 32.2 Å². The van der Waals surface area contributed by atoms with Crippen molar-refractivity contribution in [3.63, 3.8) is 0 Å². The highest BCUT2D eigenvalue weighted by molar-refractivity contribution is 5.99. The molecule has 0 bridgehead atoms. The van der Waals surface area contributed by atoms with Crippen LogP contribution in [0, 0.1) is 0 Å². The molecule has 0 amide bonds. The molecule has 0 fully saturated rings. The summed E-state index contributed by atoms with van der Waals surface area (Å²) in [5.74, 6) is -2.15. The van der Waals surface area contributed by atoms with E-state index in [0.29, 0.717) is 23.4 Å². The van der Waals surface area contributed by atoms with Crippen LogP contribution in [0.5, 0.6) is 0 Å². The largest absolute Gasteiger partial charge is 0.462 e. The first-order valence-corrected chi connectivity index (χ1v) is 10.1. The van der Waals surface area contributed by atoms with E-state index in [0.717, 1.165) is 12.1 Å². The van der Waals surface area contributed by atoms with Gasteiger partial charge in [-0.1, -0.05) is 19.1 Å². The zero-order valence-corrected chi connectivity index (χ0v) is 18.6. The number of nitrogens with zero attached hydrogens (tertiary/aromatic N) is 1. The normalized spacial score (nSPS) is 17.4. The van der Waals surface area contributed by atoms with Crippen molar-refractivity contribution in [1.29, 1.82) is 0 Å². The molecule has 1 aromatic rings. The van der Waals surface area contributed by atoms with Crippen LogP contribution in [-0.2, 0) is 25.2 Å². The molecule has 170 valence electrons. The Morgan fingerprint density at radius 2 is 1.55 bits per heavy atom. The number of carbonyl (C=O) groups excluding carboxylic acids is 2. The summed E-state index contributed by atoms with van der Waals surface area (Å²) in [5, 5.41) is 0. The monoisotopic (exact) mass is 439 g/mol. The zero-order chi connectivity index (χ0) is 23.5. The molecular weight excluding hydrogens is 411 g/mol. The van der Waals surface area contributed by atoms with E-state index >= 15 is 0 Å². The van der Waals surface area contributed by atoms with Gasteiger partial charge in [0.05, 0.1) is 35.3 Å². The van der Waals surface area contributed by atoms with Crippen molar-refractivity contribution in [2.45, 2.75) is 59.2 Å². The summed E-state index contributed by atoms with van der Waals surface area (Å²) < 4.78 is 49.9. The first-order chi connectivity index (χ1) is 14.4. The smallest absolute Gasteiger partial charge is 0.416 e. The number of esters is 2. The Balaban J connectivity index is 2.67. The number of hydrogen-bond acceptors (Lipinski definition) is 5. The lowest BCUT2D eigenvalue weighted by Gasteiger charge is -2.36. The summed E-state index contributed by atoms with van der Waals surface area (Å²) >= 11 is 0. The summed E-state index contributed by atoms with van der Waals surface area (Å²) in [6, 6.07) is 4.46. The van der Waals surface area contributed by atoms with Crippen molar-refractivity contribution in [3.05, 3.63) is 57.9 Å². The molecule has 2 rings (SSSR count). The van der Waals surface area contributed by atoms with Crippen LogP contribution in [0.4, 0.5) is 13.2 Å². The van der Waals surface area contributed by atoms with Crippen LogP contribution in [0.1, 0.15) is 58.1 Å². The quantitative estimate of drug-likeness (QED) is 0.571. The van der Waals surface area contributed by atoms with E-state index in [1.807, 2.05) is 6.92 Å². The van der Waals surface area contributed by atoms with Crippen molar-refractivity contribution in [2.24, 2.45) is 0 Å². The van der Waals surface area contributed by atoms with Crippen molar-refractivity contribution in [2.75, 3.05) is 13.7 Å². The number of allylic oxidation sites excluding steroid dienone is 2. The highest BCUT2D eigenvalue weighted by Crippen LogP contribution is 2.43. The molecule has 0 aliphatic carbocycles. The molecule has 0 saturated carbocycles. The SMILES string of the molecule is CCCOC(=O)C1=C(C)N(C)C(C)=C(C(=O)OC(C)C)C1c1ccc(C(F)(F)F)cc1. The third kappa shape index (κ3) is 5.29. The Morgan fingerprint density at radius 3 is 2.00 bits per heavy atom. The first-order valence-electron chi connectivity index (χ1n) is 10.1. The molecule has 31 heavy (non-hydrogen) atoms. The lowest BCUT2D eigenvalue weighted by Crippen LogP contribution is -2.34. The minimum Gasteiger partial charge on any atom is -0.462 e. The third-order valence-corrected chi connectivity index (χ3v) is 5.15. The third-order valence-electron chi connectivity index (χ3n) is 5.15. The van der Waals surface area contributed by atoms with Gasteiger partial charge in [0.25, 0.3) is 0 Å². The standard InChI is InChI=1S/C23H28F3NO4/c1-7-12-30-21(28)18-14(4)27(6)15(5)19(22(29)31-13(2)3)20(18)16-8-10-17(11-9-16)23(24,25)26/h8-11,13,20H,7,12H2,1-6H3. The Labute approximate surface area is 180 Å². The van der Waals surface area contributed by atoms with Gasteiger partial charge in [0, 0.05) is 18.4 Å². The lowest BCUT2D eigenvalue weighted by molar-refractivity contribution is -0.143. The van der Waals surface area contributed by atoms with E-state index in [-0.39, 0.29) is 17.8 Å². The Morgan fingerprint density at radius 1 is 1.03 bits per heavy atom. The predicted octanol–water partition coefficient (Wildman–Crippen LogP) is 5.19. The number of carbonyl (C=O) groups is 2. The minimum absolute atomic E-state index is 0.188. The second-order valence-corrected chi connectivity index (χ2v) is 7.70. The molecule has 0 N–H and O–H groups in total. The fourth-order valence-corrected chi connectivity index (χ4v) is 3.45. The van der Waals surface area contributed by atoms with Gasteiger partial charge in [0.1, 0.15) is 0 Å². The highest BCUT2D eigenvalue weighted by Gasteiger charge is 2.40. The Bertz CT molecular complexity index is 898. The van der Waals surface area contributed by atoms with Crippen LogP contribution in [0.15, 0.2) is 46.8 Å². The van der Waals surface area contributed by atoms with Crippen molar-refractivity contribution >= 4 is 11.9 Å². The average molecular weight is 439 g/mol. The maximum absolute atomic E-state index is 13.1. The Hall–Kier alpha value is -2.77. The van der Waals surface area contributed by atoms with Crippen LogP contribution >= 0.6 is 0 Å². The summed E-state index contributed by atoms with van der Waals surface area (Å²) in [7, 11) is 1.71. The molecule has 1 aliphatic rings. The average Bonchev–Trinajstić information content (AvgIpc) is 2.68. The number of rotatable bonds is 6. The number of alkyl halides is 3. The van der Waals surface area contributed by atoms with E-state index in [1.54, 1.807) is 39.6 Å². The molecule has 5 nitrogen and oxygen atoms in total. The van der Waals surface area contributed by atoms with E-state index in [4.69, 9.17) is 9.47 Å². The number of hydrogen-bond donors (Lipinski definition) is 0. The van der Waals surface area contributed by atoms with Gasteiger partial charge in [-0.05, 0) is 51.8 Å². The molecule has 1 heterocycles. The van der Waals surface area contributed by atoms with Gasteiger partial charge >= 0.3 is 18.1 Å². The van der Waals surface area contributed by atoms with Gasteiger partial charge in [-0.15, -0.1) is 0 Å². The van der Waals surface area contributed by atoms with Crippen LogP contribution < -0.4 is 0 Å². The number of benzene rings is 1. The molecule has 1 aliphatic heterocycles. The molecule has 0 saturated heterocycles. The zero-order valence-electron chi connectivity index (χ0n) is 18.6. The molecule has 0 radical (unpaired) electrons. The molecule has 1 unspecified atom stereocenters. The predicted molar refractivity (Wildman–Crippen MR) is 110 cm³/mol. The topological polar surface area (TPSA) is 55.8 Å². The maximum atomic E-state index is 13.1. The maximum Gasteiger partial charge on any atom is 0.416 e. The fraction of sp³-hybridized carbons (Fsp3) is 0.478. The molecule has 1 atom stereocenters. The second kappa shape index (κ2) is 9.58. The van der Waals surface area contributed by atoms with E-state index in [2.05, 4.69) is 0 Å². The minimum atomic E-state index is -4.49. The number of ether oxygens (including phenoxy) is 2. The highest BCUT2D eigenvalue weighted by atomic mass is 19.4. The van der Waals surface area contributed by atoms with Crippen LogP contribution in [0.3, 0.4) is 0 Å². The van der Waals surface area contributed by atoms with Gasteiger partial charge in [-0.25, -0.2) is 9.59 Å². The van der Waals surface area contributed by atoms with Gasteiger partial charge in [-0.2, -0.15) is 13.2 Å². The molecule has 0 aromatic heterocycles. The Kier molecular flexibility index (Phi) is 7.57. The number of halogens is 3. The molecule has 1 aromatic carbocycles. The summed E-state index contributed by atoms with van der Waals surface area (Å²) in [5.41, 5.74) is 1.08. The van der Waals surface area contributed by atoms with Crippen molar-refractivity contribution in [1.82, 2.24) is 4.90 Å². The van der Waals surface area contributed by atoms with E-state index in [1.165, 1.54) is 12.1 Å². The summed E-state index contributed by atoms with van der Waals surface area (Å²) in [4.78, 5) is 27.7. The van der Waals surface area contributed by atoms with E-state index in [9.17, 15) is 22.8 Å². The van der Waals surface area contributed by atoms with Gasteiger partial charge in [0.2, 0.25) is 0 Å². The van der Waals surface area contributed by atoms with Crippen molar-refractivity contribution in [3.8, 4) is 0 Å². The lowest BCUT2D eigenvalue weighted by atomic mass is 9.79. The summed E-state index contributed by atoms with van der Waals surface area (Å²) in [6.45, 7) is 8.87.